The summed E-state index contributed by atoms with van der Waals surface area (Å²) in [6, 6.07) is 4.54. The topological polar surface area (TPSA) is 0 Å². The standard InChI is InChI=1S/C17H25Cl/c1-12-10-13(2)16(14(3)11-12)17(18)15-8-6-4-5-7-9-15/h10-11,15,17H,4-9H2,1-3H3. The Hall–Kier alpha value is -0.490. The van der Waals surface area contributed by atoms with Gasteiger partial charge in [-0.2, -0.15) is 0 Å². The van der Waals surface area contributed by atoms with Gasteiger partial charge in [0.15, 0.2) is 0 Å². The third-order valence-electron chi connectivity index (χ3n) is 4.33. The van der Waals surface area contributed by atoms with Crippen molar-refractivity contribution in [1.82, 2.24) is 0 Å². The summed E-state index contributed by atoms with van der Waals surface area (Å²) in [5, 5.41) is 0.212. The number of rotatable bonds is 2. The maximum Gasteiger partial charge on any atom is 0.0618 e. The summed E-state index contributed by atoms with van der Waals surface area (Å²) in [6.07, 6.45) is 8.12. The number of alkyl halides is 1. The lowest BCUT2D eigenvalue weighted by molar-refractivity contribution is 0.443. The van der Waals surface area contributed by atoms with Gasteiger partial charge >= 0.3 is 0 Å². The molecule has 1 aliphatic carbocycles. The fourth-order valence-corrected chi connectivity index (χ4v) is 4.06. The molecule has 1 aromatic carbocycles. The summed E-state index contributed by atoms with van der Waals surface area (Å²) in [7, 11) is 0. The number of hydrogen-bond donors (Lipinski definition) is 0. The number of aryl methyl sites for hydroxylation is 3. The van der Waals surface area contributed by atoms with Crippen LogP contribution < -0.4 is 0 Å². The van der Waals surface area contributed by atoms with E-state index in [4.69, 9.17) is 11.6 Å². The molecule has 0 heterocycles. The first kappa shape index (κ1) is 13.9. The van der Waals surface area contributed by atoms with E-state index < -0.39 is 0 Å². The van der Waals surface area contributed by atoms with Gasteiger partial charge < -0.3 is 0 Å². The van der Waals surface area contributed by atoms with E-state index in [1.807, 2.05) is 0 Å². The molecule has 0 amide bonds. The van der Waals surface area contributed by atoms with Gasteiger partial charge in [-0.15, -0.1) is 11.6 Å². The molecule has 0 spiro atoms. The third kappa shape index (κ3) is 3.09. The summed E-state index contributed by atoms with van der Waals surface area (Å²) in [4.78, 5) is 0. The van der Waals surface area contributed by atoms with Crippen molar-refractivity contribution >= 4 is 11.6 Å². The molecule has 1 saturated carbocycles. The zero-order chi connectivity index (χ0) is 13.1. The first-order valence-corrected chi connectivity index (χ1v) is 7.75. The van der Waals surface area contributed by atoms with Crippen molar-refractivity contribution in [2.45, 2.75) is 64.7 Å². The molecule has 0 saturated heterocycles. The number of hydrogen-bond acceptors (Lipinski definition) is 0. The summed E-state index contributed by atoms with van der Waals surface area (Å²) in [5.74, 6) is 0.675. The van der Waals surface area contributed by atoms with Gasteiger partial charge in [0.05, 0.1) is 5.38 Å². The molecule has 1 heteroatoms. The number of halogens is 1. The van der Waals surface area contributed by atoms with E-state index >= 15 is 0 Å². The molecule has 0 bridgehead atoms. The quantitative estimate of drug-likeness (QED) is 0.463. The van der Waals surface area contributed by atoms with Crippen molar-refractivity contribution in [3.63, 3.8) is 0 Å². The minimum Gasteiger partial charge on any atom is -0.118 e. The van der Waals surface area contributed by atoms with E-state index in [-0.39, 0.29) is 5.38 Å². The summed E-state index contributed by atoms with van der Waals surface area (Å²) < 4.78 is 0. The van der Waals surface area contributed by atoms with Crippen LogP contribution >= 0.6 is 11.6 Å². The van der Waals surface area contributed by atoms with Gasteiger partial charge in [-0.1, -0.05) is 43.4 Å². The van der Waals surface area contributed by atoms with Crippen molar-refractivity contribution in [2.75, 3.05) is 0 Å². The molecular weight excluding hydrogens is 240 g/mol. The van der Waals surface area contributed by atoms with Crippen LogP contribution in [0.2, 0.25) is 0 Å². The summed E-state index contributed by atoms with van der Waals surface area (Å²) in [5.41, 5.74) is 5.49. The first-order chi connectivity index (χ1) is 8.59. The maximum atomic E-state index is 6.82. The zero-order valence-corrected chi connectivity index (χ0v) is 12.7. The van der Waals surface area contributed by atoms with Gasteiger partial charge in [0, 0.05) is 0 Å². The van der Waals surface area contributed by atoms with E-state index in [0.29, 0.717) is 5.92 Å². The lowest BCUT2D eigenvalue weighted by atomic mass is 9.87. The molecule has 1 atom stereocenters. The van der Waals surface area contributed by atoms with Crippen LogP contribution in [-0.2, 0) is 0 Å². The highest BCUT2D eigenvalue weighted by Gasteiger charge is 2.24. The Kier molecular flexibility index (Phi) is 4.72. The van der Waals surface area contributed by atoms with E-state index in [9.17, 15) is 0 Å². The van der Waals surface area contributed by atoms with E-state index in [0.717, 1.165) is 0 Å². The van der Waals surface area contributed by atoms with Crippen molar-refractivity contribution < 1.29 is 0 Å². The fraction of sp³-hybridized carbons (Fsp3) is 0.647. The second kappa shape index (κ2) is 6.10. The van der Waals surface area contributed by atoms with Gasteiger partial charge in [-0.25, -0.2) is 0 Å². The van der Waals surface area contributed by atoms with Crippen molar-refractivity contribution in [3.8, 4) is 0 Å². The van der Waals surface area contributed by atoms with E-state index in [2.05, 4.69) is 32.9 Å². The molecule has 1 fully saturated rings. The second-order valence-corrected chi connectivity index (χ2v) is 6.44. The minimum absolute atomic E-state index is 0.212. The highest BCUT2D eigenvalue weighted by molar-refractivity contribution is 6.21. The number of benzene rings is 1. The van der Waals surface area contributed by atoms with Crippen molar-refractivity contribution in [3.05, 3.63) is 34.4 Å². The Labute approximate surface area is 117 Å². The SMILES string of the molecule is Cc1cc(C)c(C(Cl)C2CCCCCC2)c(C)c1. The summed E-state index contributed by atoms with van der Waals surface area (Å²) >= 11 is 6.82. The van der Waals surface area contributed by atoms with Crippen LogP contribution in [0.15, 0.2) is 12.1 Å². The molecule has 0 aliphatic heterocycles. The third-order valence-corrected chi connectivity index (χ3v) is 4.90. The smallest absolute Gasteiger partial charge is 0.0618 e. The van der Waals surface area contributed by atoms with Crippen LogP contribution in [0, 0.1) is 26.7 Å². The summed E-state index contributed by atoms with van der Waals surface area (Å²) in [6.45, 7) is 6.58. The Morgan fingerprint density at radius 3 is 1.94 bits per heavy atom. The Morgan fingerprint density at radius 1 is 0.944 bits per heavy atom. The Bertz CT molecular complexity index is 377. The van der Waals surface area contributed by atoms with Crippen LogP contribution in [0.4, 0.5) is 0 Å². The van der Waals surface area contributed by atoms with Crippen LogP contribution in [0.25, 0.3) is 0 Å². The minimum atomic E-state index is 0.212. The van der Waals surface area contributed by atoms with Crippen LogP contribution in [0.3, 0.4) is 0 Å². The normalized spacial score (nSPS) is 19.6. The highest BCUT2D eigenvalue weighted by Crippen LogP contribution is 2.40. The molecule has 1 aliphatic rings. The van der Waals surface area contributed by atoms with Crippen molar-refractivity contribution in [1.29, 1.82) is 0 Å². The Morgan fingerprint density at radius 2 is 1.44 bits per heavy atom. The molecule has 100 valence electrons. The van der Waals surface area contributed by atoms with Crippen LogP contribution in [0.1, 0.15) is 66.2 Å². The largest absolute Gasteiger partial charge is 0.118 e. The fourth-order valence-electron chi connectivity index (χ4n) is 3.47. The molecule has 0 N–H and O–H groups in total. The highest BCUT2D eigenvalue weighted by atomic mass is 35.5. The monoisotopic (exact) mass is 264 g/mol. The molecule has 2 rings (SSSR count). The van der Waals surface area contributed by atoms with Crippen molar-refractivity contribution in [2.24, 2.45) is 5.92 Å². The second-order valence-electron chi connectivity index (χ2n) is 5.97. The predicted octanol–water partition coefficient (Wildman–Crippen LogP) is 5.86. The molecule has 0 aromatic heterocycles. The average molecular weight is 265 g/mol. The molecule has 18 heavy (non-hydrogen) atoms. The van der Waals surface area contributed by atoms with Crippen LogP contribution in [-0.4, -0.2) is 0 Å². The lowest BCUT2D eigenvalue weighted by Gasteiger charge is -2.24. The average Bonchev–Trinajstić information content (AvgIpc) is 2.55. The predicted molar refractivity (Wildman–Crippen MR) is 80.4 cm³/mol. The molecular formula is C17H25Cl. The van der Waals surface area contributed by atoms with Gasteiger partial charge in [0.1, 0.15) is 0 Å². The maximum absolute atomic E-state index is 6.82. The molecule has 1 aromatic rings. The zero-order valence-electron chi connectivity index (χ0n) is 11.9. The first-order valence-electron chi connectivity index (χ1n) is 7.31. The molecule has 1 unspecified atom stereocenters. The van der Waals surface area contributed by atoms with E-state index in [1.54, 1.807) is 0 Å². The van der Waals surface area contributed by atoms with Gasteiger partial charge in [0.2, 0.25) is 0 Å². The lowest BCUT2D eigenvalue weighted by Crippen LogP contribution is -2.10. The van der Waals surface area contributed by atoms with Gasteiger partial charge in [-0.05, 0) is 56.2 Å². The van der Waals surface area contributed by atoms with E-state index in [1.165, 1.54) is 60.8 Å². The molecule has 0 radical (unpaired) electrons. The Balaban J connectivity index is 2.24. The van der Waals surface area contributed by atoms with Gasteiger partial charge in [-0.3, -0.25) is 0 Å². The van der Waals surface area contributed by atoms with Gasteiger partial charge in [0.25, 0.3) is 0 Å². The van der Waals surface area contributed by atoms with Crippen LogP contribution in [0.5, 0.6) is 0 Å². The molecule has 0 nitrogen and oxygen atoms in total.